The van der Waals surface area contributed by atoms with E-state index < -0.39 is 5.97 Å². The smallest absolute Gasteiger partial charge is 0.339 e. The van der Waals surface area contributed by atoms with Gasteiger partial charge in [-0.05, 0) is 37.1 Å². The first kappa shape index (κ1) is 20.7. The number of amides is 1. The Morgan fingerprint density at radius 2 is 1.86 bits per heavy atom. The van der Waals surface area contributed by atoms with Gasteiger partial charge in [-0.2, -0.15) is 0 Å². The van der Waals surface area contributed by atoms with Gasteiger partial charge < -0.3 is 14.6 Å². The van der Waals surface area contributed by atoms with Crippen molar-refractivity contribution in [3.8, 4) is 0 Å². The van der Waals surface area contributed by atoms with Crippen molar-refractivity contribution >= 4 is 23.6 Å². The molecule has 0 aliphatic rings. The molecule has 0 bridgehead atoms. The molecule has 3 rings (SSSR count). The van der Waals surface area contributed by atoms with Crippen LogP contribution in [0.5, 0.6) is 0 Å². The summed E-state index contributed by atoms with van der Waals surface area (Å²) in [4.78, 5) is 25.3. The normalized spacial score (nSPS) is 10.6. The number of nitrogens with one attached hydrogen (secondary N) is 1. The third-order valence-corrected chi connectivity index (χ3v) is 5.34. The topological polar surface area (TPSA) is 81.4 Å². The molecule has 150 valence electrons. The summed E-state index contributed by atoms with van der Waals surface area (Å²) in [6, 6.07) is 16.8. The van der Waals surface area contributed by atoms with Crippen LogP contribution in [0.2, 0.25) is 0 Å². The van der Waals surface area contributed by atoms with Crippen molar-refractivity contribution in [3.63, 3.8) is 0 Å². The lowest BCUT2D eigenvalue weighted by molar-refractivity contribution is -0.124. The van der Waals surface area contributed by atoms with Crippen LogP contribution < -0.4 is 5.32 Å². The number of aromatic nitrogens is 1. The minimum atomic E-state index is -0.532. The van der Waals surface area contributed by atoms with E-state index in [1.165, 1.54) is 11.8 Å². The molecule has 0 radical (unpaired) electrons. The Morgan fingerprint density at radius 1 is 1.10 bits per heavy atom. The van der Waals surface area contributed by atoms with Crippen molar-refractivity contribution in [1.29, 1.82) is 0 Å². The van der Waals surface area contributed by atoms with Gasteiger partial charge in [0.05, 0.1) is 11.3 Å². The SMILES string of the molecule is Cc1cc(CSc2ccccc2C(=O)OCC(=O)NCc2ccccc2C)no1. The van der Waals surface area contributed by atoms with Gasteiger partial charge in [-0.15, -0.1) is 11.8 Å². The van der Waals surface area contributed by atoms with E-state index in [2.05, 4.69) is 10.5 Å². The summed E-state index contributed by atoms with van der Waals surface area (Å²) < 4.78 is 10.3. The van der Waals surface area contributed by atoms with Gasteiger partial charge in [0.1, 0.15) is 5.76 Å². The van der Waals surface area contributed by atoms with E-state index in [1.807, 2.05) is 56.3 Å². The number of nitrogens with zero attached hydrogens (tertiary/aromatic N) is 1. The summed E-state index contributed by atoms with van der Waals surface area (Å²) in [7, 11) is 0. The molecule has 0 saturated carbocycles. The van der Waals surface area contributed by atoms with Gasteiger partial charge in [0.2, 0.25) is 0 Å². The predicted octanol–water partition coefficient (Wildman–Crippen LogP) is 4.06. The average Bonchev–Trinajstić information content (AvgIpc) is 3.15. The Labute approximate surface area is 173 Å². The fraction of sp³-hybridized carbons (Fsp3) is 0.227. The van der Waals surface area contributed by atoms with Crippen LogP contribution in [-0.2, 0) is 21.8 Å². The number of ether oxygens (including phenoxy) is 1. The first-order chi connectivity index (χ1) is 14.0. The van der Waals surface area contributed by atoms with Crippen LogP contribution in [0.25, 0.3) is 0 Å². The summed E-state index contributed by atoms with van der Waals surface area (Å²) in [6.45, 7) is 3.88. The van der Waals surface area contributed by atoms with Crippen LogP contribution in [0.3, 0.4) is 0 Å². The maximum atomic E-state index is 12.5. The van der Waals surface area contributed by atoms with Gasteiger partial charge in [-0.3, -0.25) is 4.79 Å². The Hall–Kier alpha value is -3.06. The molecule has 3 aromatic rings. The maximum Gasteiger partial charge on any atom is 0.339 e. The Kier molecular flexibility index (Phi) is 7.08. The standard InChI is InChI=1S/C22H22N2O4S/c1-15-7-3-4-8-17(15)12-23-21(25)13-27-22(26)19-9-5-6-10-20(19)29-14-18-11-16(2)28-24-18/h3-11H,12-14H2,1-2H3,(H,23,25). The van der Waals surface area contributed by atoms with E-state index in [0.29, 0.717) is 17.9 Å². The van der Waals surface area contributed by atoms with Gasteiger partial charge in [0.25, 0.3) is 5.91 Å². The quantitative estimate of drug-likeness (QED) is 0.446. The van der Waals surface area contributed by atoms with E-state index >= 15 is 0 Å². The molecule has 2 aromatic carbocycles. The molecule has 1 aromatic heterocycles. The van der Waals surface area contributed by atoms with E-state index in [9.17, 15) is 9.59 Å². The lowest BCUT2D eigenvalue weighted by atomic mass is 10.1. The summed E-state index contributed by atoms with van der Waals surface area (Å²) in [5.41, 5.74) is 3.34. The maximum absolute atomic E-state index is 12.5. The second kappa shape index (κ2) is 9.93. The van der Waals surface area contributed by atoms with Gasteiger partial charge in [0, 0.05) is 23.3 Å². The van der Waals surface area contributed by atoms with E-state index in [0.717, 1.165) is 27.5 Å². The molecule has 6 nitrogen and oxygen atoms in total. The molecule has 0 aliphatic carbocycles. The second-order valence-electron chi connectivity index (χ2n) is 6.49. The zero-order valence-electron chi connectivity index (χ0n) is 16.3. The van der Waals surface area contributed by atoms with Gasteiger partial charge in [0.15, 0.2) is 6.61 Å². The highest BCUT2D eigenvalue weighted by Crippen LogP contribution is 2.26. The van der Waals surface area contributed by atoms with Crippen LogP contribution in [-0.4, -0.2) is 23.6 Å². The number of rotatable bonds is 8. The van der Waals surface area contributed by atoms with Crippen molar-refractivity contribution in [2.45, 2.75) is 31.0 Å². The van der Waals surface area contributed by atoms with Gasteiger partial charge in [-0.25, -0.2) is 4.79 Å². The Bertz CT molecular complexity index is 1000. The minimum Gasteiger partial charge on any atom is -0.452 e. The number of esters is 1. The first-order valence-electron chi connectivity index (χ1n) is 9.15. The highest BCUT2D eigenvalue weighted by Gasteiger charge is 2.15. The fourth-order valence-corrected chi connectivity index (χ4v) is 3.58. The van der Waals surface area contributed by atoms with E-state index in [4.69, 9.17) is 9.26 Å². The monoisotopic (exact) mass is 410 g/mol. The molecule has 1 heterocycles. The van der Waals surface area contributed by atoms with Crippen molar-refractivity contribution in [2.24, 2.45) is 0 Å². The number of aryl methyl sites for hydroxylation is 2. The summed E-state index contributed by atoms with van der Waals surface area (Å²) >= 11 is 1.46. The third kappa shape index (κ3) is 5.96. The average molecular weight is 410 g/mol. The molecule has 7 heteroatoms. The molecule has 29 heavy (non-hydrogen) atoms. The van der Waals surface area contributed by atoms with Gasteiger partial charge >= 0.3 is 5.97 Å². The molecule has 1 amide bonds. The number of hydrogen-bond donors (Lipinski definition) is 1. The van der Waals surface area contributed by atoms with Crippen molar-refractivity contribution in [2.75, 3.05) is 6.61 Å². The predicted molar refractivity (Wildman–Crippen MR) is 111 cm³/mol. The molecular formula is C22H22N2O4S. The van der Waals surface area contributed by atoms with Crippen molar-refractivity contribution in [1.82, 2.24) is 10.5 Å². The minimum absolute atomic E-state index is 0.327. The number of benzene rings is 2. The van der Waals surface area contributed by atoms with Crippen LogP contribution in [0.4, 0.5) is 0 Å². The van der Waals surface area contributed by atoms with E-state index in [1.54, 1.807) is 12.1 Å². The number of carbonyl (C=O) groups excluding carboxylic acids is 2. The fourth-order valence-electron chi connectivity index (χ4n) is 2.66. The van der Waals surface area contributed by atoms with Crippen LogP contribution in [0.15, 0.2) is 64.0 Å². The zero-order valence-corrected chi connectivity index (χ0v) is 17.1. The van der Waals surface area contributed by atoms with Crippen LogP contribution in [0, 0.1) is 13.8 Å². The largest absolute Gasteiger partial charge is 0.452 e. The highest BCUT2D eigenvalue weighted by atomic mass is 32.2. The molecule has 0 fully saturated rings. The second-order valence-corrected chi connectivity index (χ2v) is 7.51. The molecule has 0 atom stereocenters. The Morgan fingerprint density at radius 3 is 2.62 bits per heavy atom. The lowest BCUT2D eigenvalue weighted by Gasteiger charge is -2.10. The molecule has 0 spiro atoms. The molecule has 0 aliphatic heterocycles. The van der Waals surface area contributed by atoms with Gasteiger partial charge in [-0.1, -0.05) is 41.6 Å². The van der Waals surface area contributed by atoms with Crippen molar-refractivity contribution in [3.05, 3.63) is 82.7 Å². The molecule has 0 unspecified atom stereocenters. The van der Waals surface area contributed by atoms with Crippen molar-refractivity contribution < 1.29 is 18.8 Å². The summed E-state index contributed by atoms with van der Waals surface area (Å²) in [5.74, 6) is 0.434. The summed E-state index contributed by atoms with van der Waals surface area (Å²) in [5, 5.41) is 6.72. The first-order valence-corrected chi connectivity index (χ1v) is 10.1. The number of hydrogen-bond acceptors (Lipinski definition) is 6. The highest BCUT2D eigenvalue weighted by molar-refractivity contribution is 7.98. The Balaban J connectivity index is 1.52. The van der Waals surface area contributed by atoms with E-state index in [-0.39, 0.29) is 12.5 Å². The lowest BCUT2D eigenvalue weighted by Crippen LogP contribution is -2.28. The summed E-state index contributed by atoms with van der Waals surface area (Å²) in [6.07, 6.45) is 0. The third-order valence-electron chi connectivity index (χ3n) is 4.23. The van der Waals surface area contributed by atoms with Crippen LogP contribution >= 0.6 is 11.8 Å². The number of carbonyl (C=O) groups is 2. The zero-order chi connectivity index (χ0) is 20.6. The number of thioether (sulfide) groups is 1. The van der Waals surface area contributed by atoms with Crippen LogP contribution in [0.1, 0.15) is 32.9 Å². The molecule has 0 saturated heterocycles. The molecule has 1 N–H and O–H groups in total. The molecular weight excluding hydrogens is 388 g/mol.